The fraction of sp³-hybridized carbons (Fsp3) is 0.688. The summed E-state index contributed by atoms with van der Waals surface area (Å²) in [6.07, 6.45) is -0.310. The molecule has 4 heterocycles. The van der Waals surface area contributed by atoms with Crippen LogP contribution in [-0.2, 0) is 5.41 Å². The number of aromatic nitrogens is 5. The molecule has 3 aliphatic rings. The number of hydrogen-bond acceptors (Lipinski definition) is 6. The molecular weight excluding hydrogens is 379 g/mol. The Morgan fingerprint density at radius 3 is 2.50 bits per heavy atom. The van der Waals surface area contributed by atoms with Crippen molar-refractivity contribution in [1.82, 2.24) is 34.7 Å². The number of amides is 2. The fourth-order valence-corrected chi connectivity index (χ4v) is 3.89. The summed E-state index contributed by atoms with van der Waals surface area (Å²) < 4.78 is 46.3. The zero-order valence-corrected chi connectivity index (χ0v) is 14.8. The van der Waals surface area contributed by atoms with E-state index >= 15 is 0 Å². The van der Waals surface area contributed by atoms with Gasteiger partial charge in [0.1, 0.15) is 18.1 Å². The van der Waals surface area contributed by atoms with Crippen LogP contribution in [0.3, 0.4) is 0 Å². The first kappa shape index (κ1) is 17.4. The molecule has 0 spiro atoms. The first-order chi connectivity index (χ1) is 13.4. The van der Waals surface area contributed by atoms with Crippen molar-refractivity contribution in [1.29, 1.82) is 0 Å². The number of carbonyl (C=O) groups is 1. The van der Waals surface area contributed by atoms with Crippen LogP contribution in [-0.4, -0.2) is 73.1 Å². The predicted molar refractivity (Wildman–Crippen MR) is 86.2 cm³/mol. The van der Waals surface area contributed by atoms with Crippen molar-refractivity contribution in [2.75, 3.05) is 26.2 Å². The number of rotatable bonds is 3. The molecule has 2 aliphatic heterocycles. The maximum Gasteiger partial charge on any atom is 0.403 e. The first-order valence-electron chi connectivity index (χ1n) is 9.16. The van der Waals surface area contributed by atoms with E-state index in [0.29, 0.717) is 26.2 Å². The molecule has 2 amide bonds. The second-order valence-corrected chi connectivity index (χ2v) is 7.72. The maximum absolute atomic E-state index is 13.2. The van der Waals surface area contributed by atoms with Crippen molar-refractivity contribution in [3.05, 3.63) is 24.4 Å². The predicted octanol–water partition coefficient (Wildman–Crippen LogP) is 1.72. The lowest BCUT2D eigenvalue weighted by molar-refractivity contribution is -0.166. The van der Waals surface area contributed by atoms with Crippen molar-refractivity contribution in [3.8, 4) is 0 Å². The summed E-state index contributed by atoms with van der Waals surface area (Å²) in [4.78, 5) is 20.1. The Labute approximate surface area is 157 Å². The van der Waals surface area contributed by atoms with E-state index in [4.69, 9.17) is 4.52 Å². The Balaban J connectivity index is 1.18. The van der Waals surface area contributed by atoms with Crippen LogP contribution >= 0.6 is 0 Å². The maximum atomic E-state index is 13.2. The van der Waals surface area contributed by atoms with Gasteiger partial charge >= 0.3 is 12.2 Å². The van der Waals surface area contributed by atoms with Crippen molar-refractivity contribution >= 4 is 6.03 Å². The molecule has 12 heteroatoms. The highest BCUT2D eigenvalue weighted by atomic mass is 19.4. The van der Waals surface area contributed by atoms with Crippen LogP contribution < -0.4 is 0 Å². The molecule has 2 aromatic heterocycles. The summed E-state index contributed by atoms with van der Waals surface area (Å²) in [5.41, 5.74) is -1.97. The van der Waals surface area contributed by atoms with Gasteiger partial charge in [0.2, 0.25) is 5.89 Å². The Morgan fingerprint density at radius 1 is 1.14 bits per heavy atom. The van der Waals surface area contributed by atoms with Crippen LogP contribution in [0.15, 0.2) is 17.2 Å². The molecule has 5 rings (SSSR count). The van der Waals surface area contributed by atoms with E-state index in [1.165, 1.54) is 0 Å². The molecule has 2 aromatic rings. The van der Waals surface area contributed by atoms with E-state index < -0.39 is 11.6 Å². The van der Waals surface area contributed by atoms with E-state index in [2.05, 4.69) is 20.3 Å². The van der Waals surface area contributed by atoms with E-state index in [1.807, 2.05) is 4.57 Å². The normalized spacial score (nSPS) is 24.5. The lowest BCUT2D eigenvalue weighted by Gasteiger charge is -2.39. The molecule has 2 saturated heterocycles. The van der Waals surface area contributed by atoms with E-state index in [-0.39, 0.29) is 42.5 Å². The highest BCUT2D eigenvalue weighted by molar-refractivity contribution is 5.76. The third-order valence-corrected chi connectivity index (χ3v) is 5.95. The van der Waals surface area contributed by atoms with Crippen LogP contribution in [0.25, 0.3) is 0 Å². The van der Waals surface area contributed by atoms with Gasteiger partial charge in [-0.15, -0.1) is 10.2 Å². The number of hydrogen-bond donors (Lipinski definition) is 0. The minimum absolute atomic E-state index is 0.0179. The van der Waals surface area contributed by atoms with Gasteiger partial charge < -0.3 is 18.9 Å². The first-order valence-corrected chi connectivity index (χ1v) is 9.16. The molecule has 0 radical (unpaired) electrons. The average molecular weight is 397 g/mol. The molecule has 9 nitrogen and oxygen atoms in total. The summed E-state index contributed by atoms with van der Waals surface area (Å²) >= 11 is 0. The Hall–Kier alpha value is -2.66. The second-order valence-electron chi connectivity index (χ2n) is 7.72. The van der Waals surface area contributed by atoms with Gasteiger partial charge in [0.05, 0.1) is 12.0 Å². The van der Waals surface area contributed by atoms with Crippen molar-refractivity contribution in [3.63, 3.8) is 0 Å². The molecule has 0 bridgehead atoms. The quantitative estimate of drug-likeness (QED) is 0.783. The molecule has 0 aromatic carbocycles. The number of alkyl halides is 3. The molecule has 28 heavy (non-hydrogen) atoms. The number of halogens is 3. The highest BCUT2D eigenvalue weighted by Crippen LogP contribution is 2.58. The third kappa shape index (κ3) is 2.65. The molecule has 1 saturated carbocycles. The summed E-state index contributed by atoms with van der Waals surface area (Å²) in [5, 5.41) is 11.3. The Kier molecular flexibility index (Phi) is 3.68. The number of urea groups is 1. The van der Waals surface area contributed by atoms with Crippen LogP contribution in [0.2, 0.25) is 0 Å². The molecule has 1 aliphatic carbocycles. The molecule has 0 N–H and O–H groups in total. The van der Waals surface area contributed by atoms with Crippen LogP contribution in [0.5, 0.6) is 0 Å². The monoisotopic (exact) mass is 397 g/mol. The van der Waals surface area contributed by atoms with Crippen LogP contribution in [0.4, 0.5) is 18.0 Å². The van der Waals surface area contributed by atoms with Crippen LogP contribution in [0, 0.1) is 0 Å². The number of carbonyl (C=O) groups excluding carboxylic acids is 1. The van der Waals surface area contributed by atoms with Gasteiger partial charge in [-0.05, 0) is 19.3 Å². The standard InChI is InChI=1S/C16H18F3N7O2/c17-16(18,19)15(2-3-15)13-22-12(23-28-13)10-5-25(6-10)14(27)24-4-1-11(7-24)26-8-20-21-9-26/h8-11H,1-7H2/t11-/m0/s1. The summed E-state index contributed by atoms with van der Waals surface area (Å²) in [7, 11) is 0. The van der Waals surface area contributed by atoms with Gasteiger partial charge in [-0.1, -0.05) is 5.16 Å². The van der Waals surface area contributed by atoms with Gasteiger partial charge in [0.25, 0.3) is 0 Å². The van der Waals surface area contributed by atoms with E-state index in [9.17, 15) is 18.0 Å². The minimum Gasteiger partial charge on any atom is -0.338 e. The van der Waals surface area contributed by atoms with E-state index in [1.54, 1.807) is 22.5 Å². The second kappa shape index (κ2) is 5.92. The molecular formula is C16H18F3N7O2. The smallest absolute Gasteiger partial charge is 0.338 e. The van der Waals surface area contributed by atoms with Crippen LogP contribution in [0.1, 0.15) is 42.9 Å². The van der Waals surface area contributed by atoms with Gasteiger partial charge in [0.15, 0.2) is 5.82 Å². The number of nitrogens with zero attached hydrogens (tertiary/aromatic N) is 7. The minimum atomic E-state index is -4.38. The topological polar surface area (TPSA) is 93.2 Å². The molecule has 3 fully saturated rings. The summed E-state index contributed by atoms with van der Waals surface area (Å²) in [6.45, 7) is 1.98. The molecule has 1 atom stereocenters. The van der Waals surface area contributed by atoms with Crippen molar-refractivity contribution in [2.24, 2.45) is 0 Å². The SMILES string of the molecule is O=C(N1CC(c2noc(C3(C(F)(F)F)CC3)n2)C1)N1CC[C@H](n2cnnc2)C1. The molecule has 150 valence electrons. The van der Waals surface area contributed by atoms with Gasteiger partial charge in [0, 0.05) is 26.2 Å². The average Bonchev–Trinajstić information content (AvgIpc) is 3.03. The largest absolute Gasteiger partial charge is 0.403 e. The van der Waals surface area contributed by atoms with E-state index in [0.717, 1.165) is 6.42 Å². The zero-order valence-electron chi connectivity index (χ0n) is 14.8. The summed E-state index contributed by atoms with van der Waals surface area (Å²) in [6, 6.07) is 0.0809. The lowest BCUT2D eigenvalue weighted by Crippen LogP contribution is -2.53. The number of likely N-dealkylation sites (tertiary alicyclic amines) is 2. The highest BCUT2D eigenvalue weighted by Gasteiger charge is 2.68. The Morgan fingerprint density at radius 2 is 1.86 bits per heavy atom. The Bertz CT molecular complexity index is 871. The zero-order chi connectivity index (χ0) is 19.5. The molecule has 0 unspecified atom stereocenters. The van der Waals surface area contributed by atoms with Gasteiger partial charge in [-0.2, -0.15) is 18.2 Å². The lowest BCUT2D eigenvalue weighted by atomic mass is 10.00. The summed E-state index contributed by atoms with van der Waals surface area (Å²) in [5.74, 6) is -0.295. The van der Waals surface area contributed by atoms with Gasteiger partial charge in [-0.3, -0.25) is 0 Å². The van der Waals surface area contributed by atoms with Crippen molar-refractivity contribution < 1.29 is 22.5 Å². The van der Waals surface area contributed by atoms with Gasteiger partial charge in [-0.25, -0.2) is 4.79 Å². The van der Waals surface area contributed by atoms with Crippen molar-refractivity contribution in [2.45, 2.75) is 42.8 Å². The fourth-order valence-electron chi connectivity index (χ4n) is 3.89. The third-order valence-electron chi connectivity index (χ3n) is 5.95.